The van der Waals surface area contributed by atoms with Gasteiger partial charge in [-0.05, 0) is 13.3 Å². The van der Waals surface area contributed by atoms with Crippen LogP contribution in [0.4, 0.5) is 0 Å². The van der Waals surface area contributed by atoms with Crippen molar-refractivity contribution < 1.29 is 8.42 Å². The third-order valence-corrected chi connectivity index (χ3v) is 7.13. The smallest absolute Gasteiger partial charge is 0.153 e. The predicted octanol–water partition coefficient (Wildman–Crippen LogP) is 1.68. The van der Waals surface area contributed by atoms with E-state index in [9.17, 15) is 8.42 Å². The molecule has 0 aromatic carbocycles. The summed E-state index contributed by atoms with van der Waals surface area (Å²) in [5, 5.41) is 0. The van der Waals surface area contributed by atoms with E-state index < -0.39 is 9.84 Å². The van der Waals surface area contributed by atoms with Crippen LogP contribution in [0.1, 0.15) is 26.7 Å². The van der Waals surface area contributed by atoms with Crippen molar-refractivity contribution in [2.24, 2.45) is 0 Å². The maximum Gasteiger partial charge on any atom is 0.153 e. The van der Waals surface area contributed by atoms with Crippen LogP contribution in [0.3, 0.4) is 0 Å². The molecule has 2 saturated heterocycles. The molecule has 2 heterocycles. The van der Waals surface area contributed by atoms with Gasteiger partial charge in [0.2, 0.25) is 0 Å². The van der Waals surface area contributed by atoms with Gasteiger partial charge in [-0.1, -0.05) is 37.3 Å². The van der Waals surface area contributed by atoms with Gasteiger partial charge in [0.1, 0.15) is 4.32 Å². The summed E-state index contributed by atoms with van der Waals surface area (Å²) in [5.41, 5.74) is 0. The SMILES string of the molecule is CCCCN1C(=S)S[C@@]2(C)CS(=O)(=O)C[C@@H]12. The van der Waals surface area contributed by atoms with Crippen molar-refractivity contribution in [3.05, 3.63) is 0 Å². The Labute approximate surface area is 107 Å². The molecule has 2 rings (SSSR count). The molecular formula is C10H17NO2S3. The summed E-state index contributed by atoms with van der Waals surface area (Å²) < 4.78 is 24.1. The number of unbranched alkanes of at least 4 members (excludes halogenated alkanes) is 1. The molecule has 0 N–H and O–H groups in total. The molecule has 16 heavy (non-hydrogen) atoms. The highest BCUT2D eigenvalue weighted by Gasteiger charge is 2.56. The van der Waals surface area contributed by atoms with Crippen molar-refractivity contribution in [1.29, 1.82) is 0 Å². The Bertz CT molecular complexity index is 406. The van der Waals surface area contributed by atoms with Gasteiger partial charge in [0, 0.05) is 6.54 Å². The zero-order valence-corrected chi connectivity index (χ0v) is 12.1. The summed E-state index contributed by atoms with van der Waals surface area (Å²) in [5.74, 6) is 0.554. The summed E-state index contributed by atoms with van der Waals surface area (Å²) in [7, 11) is -2.87. The molecule has 0 spiro atoms. The number of thiocarbonyl (C=S) groups is 1. The average Bonchev–Trinajstić information content (AvgIpc) is 2.47. The largest absolute Gasteiger partial charge is 0.352 e. The highest BCUT2D eigenvalue weighted by molar-refractivity contribution is 8.24. The van der Waals surface area contributed by atoms with Crippen LogP contribution in [-0.4, -0.2) is 46.5 Å². The molecule has 92 valence electrons. The fourth-order valence-corrected chi connectivity index (χ4v) is 7.45. The number of fused-ring (bicyclic) bond motifs is 1. The van der Waals surface area contributed by atoms with Crippen LogP contribution in [0, 0.1) is 0 Å². The van der Waals surface area contributed by atoms with Gasteiger partial charge in [-0.3, -0.25) is 0 Å². The summed E-state index contributed by atoms with van der Waals surface area (Å²) in [6.45, 7) is 5.07. The molecular weight excluding hydrogens is 262 g/mol. The summed E-state index contributed by atoms with van der Waals surface area (Å²) >= 11 is 6.93. The standard InChI is InChI=1S/C10H17NO2S3/c1-3-4-5-11-8-6-16(12,13)7-10(8,2)15-9(11)14/h8H,3-7H2,1-2H3/t8-,10+/m1/s1. The zero-order chi connectivity index (χ0) is 12.0. The third-order valence-electron chi connectivity index (χ3n) is 3.31. The first-order valence-corrected chi connectivity index (χ1v) is 8.62. The second-order valence-corrected chi connectivity index (χ2v) is 9.08. The van der Waals surface area contributed by atoms with Gasteiger partial charge in [0.25, 0.3) is 0 Å². The van der Waals surface area contributed by atoms with Gasteiger partial charge in [-0.2, -0.15) is 0 Å². The Morgan fingerprint density at radius 1 is 1.62 bits per heavy atom. The van der Waals surface area contributed by atoms with Crippen molar-refractivity contribution >= 4 is 38.1 Å². The lowest BCUT2D eigenvalue weighted by molar-refractivity contribution is 0.320. The summed E-state index contributed by atoms with van der Waals surface area (Å²) in [6.07, 6.45) is 2.19. The van der Waals surface area contributed by atoms with E-state index in [1.807, 2.05) is 6.92 Å². The van der Waals surface area contributed by atoms with Gasteiger partial charge < -0.3 is 4.90 Å². The van der Waals surface area contributed by atoms with Crippen LogP contribution in [-0.2, 0) is 9.84 Å². The molecule has 2 aliphatic rings. The molecule has 0 unspecified atom stereocenters. The second kappa shape index (κ2) is 4.14. The summed E-state index contributed by atoms with van der Waals surface area (Å²) in [4.78, 5) is 2.13. The van der Waals surface area contributed by atoms with Crippen molar-refractivity contribution in [1.82, 2.24) is 4.90 Å². The molecule has 0 saturated carbocycles. The number of nitrogens with zero attached hydrogens (tertiary/aromatic N) is 1. The molecule has 0 amide bonds. The minimum Gasteiger partial charge on any atom is -0.352 e. The molecule has 0 bridgehead atoms. The second-order valence-electron chi connectivity index (χ2n) is 4.80. The van der Waals surface area contributed by atoms with Crippen molar-refractivity contribution in [3.63, 3.8) is 0 Å². The molecule has 0 aromatic heterocycles. The monoisotopic (exact) mass is 279 g/mol. The lowest BCUT2D eigenvalue weighted by Crippen LogP contribution is -2.41. The van der Waals surface area contributed by atoms with Gasteiger partial charge >= 0.3 is 0 Å². The van der Waals surface area contributed by atoms with Crippen LogP contribution >= 0.6 is 24.0 Å². The Kier molecular flexibility index (Phi) is 3.27. The first-order chi connectivity index (χ1) is 7.38. The molecule has 0 aliphatic carbocycles. The number of thioether (sulfide) groups is 1. The average molecular weight is 279 g/mol. The number of sulfone groups is 1. The van der Waals surface area contributed by atoms with Crippen LogP contribution in [0.25, 0.3) is 0 Å². The molecule has 2 atom stereocenters. The first kappa shape index (κ1) is 12.6. The minimum atomic E-state index is -2.87. The first-order valence-electron chi connectivity index (χ1n) is 5.58. The van der Waals surface area contributed by atoms with E-state index in [0.717, 1.165) is 23.7 Å². The number of rotatable bonds is 3. The van der Waals surface area contributed by atoms with Crippen LogP contribution in [0.2, 0.25) is 0 Å². The lowest BCUT2D eigenvalue weighted by Gasteiger charge is -2.26. The number of hydrogen-bond acceptors (Lipinski definition) is 4. The van der Waals surface area contributed by atoms with Crippen LogP contribution in [0.15, 0.2) is 0 Å². The van der Waals surface area contributed by atoms with Gasteiger partial charge in [-0.25, -0.2) is 8.42 Å². The molecule has 2 fully saturated rings. The molecule has 0 aromatic rings. The normalized spacial score (nSPS) is 36.8. The van der Waals surface area contributed by atoms with Gasteiger partial charge in [-0.15, -0.1) is 0 Å². The van der Waals surface area contributed by atoms with Crippen molar-refractivity contribution in [2.75, 3.05) is 18.1 Å². The van der Waals surface area contributed by atoms with E-state index >= 15 is 0 Å². The Morgan fingerprint density at radius 3 is 2.94 bits per heavy atom. The van der Waals surface area contributed by atoms with Gasteiger partial charge in [0.15, 0.2) is 9.84 Å². The van der Waals surface area contributed by atoms with Crippen LogP contribution in [0.5, 0.6) is 0 Å². The third kappa shape index (κ3) is 2.11. The van der Waals surface area contributed by atoms with E-state index in [-0.39, 0.29) is 22.3 Å². The fraction of sp³-hybridized carbons (Fsp3) is 0.900. The topological polar surface area (TPSA) is 37.4 Å². The lowest BCUT2D eigenvalue weighted by atomic mass is 10.0. The summed E-state index contributed by atoms with van der Waals surface area (Å²) in [6, 6.07) is 0.0987. The predicted molar refractivity (Wildman–Crippen MR) is 72.6 cm³/mol. The minimum absolute atomic E-state index is 0.0987. The highest BCUT2D eigenvalue weighted by Crippen LogP contribution is 2.47. The van der Waals surface area contributed by atoms with Gasteiger partial charge in [0.05, 0.1) is 22.3 Å². The van der Waals surface area contributed by atoms with Crippen molar-refractivity contribution in [2.45, 2.75) is 37.5 Å². The quantitative estimate of drug-likeness (QED) is 0.735. The molecule has 0 radical (unpaired) electrons. The van der Waals surface area contributed by atoms with E-state index in [1.54, 1.807) is 11.8 Å². The Morgan fingerprint density at radius 2 is 2.31 bits per heavy atom. The van der Waals surface area contributed by atoms with E-state index in [1.165, 1.54) is 0 Å². The fourth-order valence-electron chi connectivity index (χ4n) is 2.49. The highest BCUT2D eigenvalue weighted by atomic mass is 32.2. The maximum absolute atomic E-state index is 11.7. The Balaban J connectivity index is 2.20. The molecule has 6 heteroatoms. The Hall–Kier alpha value is 0.190. The van der Waals surface area contributed by atoms with Crippen LogP contribution < -0.4 is 0 Å². The van der Waals surface area contributed by atoms with Crippen molar-refractivity contribution in [3.8, 4) is 0 Å². The van der Waals surface area contributed by atoms with E-state index in [0.29, 0.717) is 0 Å². The zero-order valence-electron chi connectivity index (χ0n) is 9.60. The number of hydrogen-bond donors (Lipinski definition) is 0. The molecule has 3 nitrogen and oxygen atoms in total. The van der Waals surface area contributed by atoms with E-state index in [4.69, 9.17) is 12.2 Å². The van der Waals surface area contributed by atoms with E-state index in [2.05, 4.69) is 11.8 Å². The molecule has 2 aliphatic heterocycles. The maximum atomic E-state index is 11.7.